The maximum atomic E-state index is 12.3. The highest BCUT2D eigenvalue weighted by Crippen LogP contribution is 2.23. The second kappa shape index (κ2) is 8.67. The fraction of sp³-hybridized carbons (Fsp3) is 0.375. The Morgan fingerprint density at radius 3 is 1.88 bits per heavy atom. The van der Waals surface area contributed by atoms with Gasteiger partial charge in [0, 0.05) is 30.0 Å². The van der Waals surface area contributed by atoms with Crippen molar-refractivity contribution >= 4 is 29.2 Å². The van der Waals surface area contributed by atoms with Gasteiger partial charge < -0.3 is 9.47 Å². The molecule has 1 rings (SSSR count). The summed E-state index contributed by atoms with van der Waals surface area (Å²) in [4.78, 5) is 57.9. The van der Waals surface area contributed by atoms with E-state index in [-0.39, 0.29) is 11.3 Å². The number of methoxy groups -OCH3 is 2. The summed E-state index contributed by atoms with van der Waals surface area (Å²) in [6.45, 7) is 1.15. The third kappa shape index (κ3) is 4.93. The first kappa shape index (κ1) is 19.9. The average molecular weight is 351 g/mol. The molecule has 9 heteroatoms. The van der Waals surface area contributed by atoms with Crippen LogP contribution in [0.1, 0.15) is 23.7 Å². The molecule has 0 N–H and O–H groups in total. The highest BCUT2D eigenvalue weighted by molar-refractivity contribution is 6.04. The van der Waals surface area contributed by atoms with E-state index in [1.165, 1.54) is 12.1 Å². The monoisotopic (exact) mass is 351 g/mol. The molecule has 0 aliphatic heterocycles. The number of carbonyl (C=O) groups is 4. The van der Waals surface area contributed by atoms with Crippen LogP contribution in [0.2, 0.25) is 0 Å². The highest BCUT2D eigenvalue weighted by Gasteiger charge is 2.40. The molecular formula is C16H17NO8. The highest BCUT2D eigenvalue weighted by atomic mass is 16.6. The second-order valence-corrected chi connectivity index (χ2v) is 5.17. The molecule has 1 unspecified atom stereocenters. The first-order chi connectivity index (χ1) is 11.7. The van der Waals surface area contributed by atoms with Gasteiger partial charge in [0.1, 0.15) is 5.78 Å². The molecule has 9 nitrogen and oxygen atoms in total. The number of carbonyl (C=O) groups excluding carboxylic acids is 4. The zero-order valence-electron chi connectivity index (χ0n) is 13.9. The SMILES string of the molecule is COC(=O)C(C(=O)OC)C(CC(=O)c1ccc([N+](=O)[O-])cc1)C(C)=O. The van der Waals surface area contributed by atoms with Crippen molar-refractivity contribution in [1.82, 2.24) is 0 Å². The molecule has 1 atom stereocenters. The Hall–Kier alpha value is -3.10. The Kier molecular flexibility index (Phi) is 6.92. The molecule has 0 radical (unpaired) electrons. The molecule has 1 aromatic carbocycles. The number of hydrogen-bond acceptors (Lipinski definition) is 8. The van der Waals surface area contributed by atoms with Crippen molar-refractivity contribution in [3.8, 4) is 0 Å². The molecule has 0 heterocycles. The molecule has 0 aromatic heterocycles. The number of benzene rings is 1. The number of non-ortho nitro benzene ring substituents is 1. The third-order valence-electron chi connectivity index (χ3n) is 3.64. The quantitative estimate of drug-likeness (QED) is 0.225. The lowest BCUT2D eigenvalue weighted by molar-refractivity contribution is -0.384. The smallest absolute Gasteiger partial charge is 0.320 e. The van der Waals surface area contributed by atoms with Gasteiger partial charge in [0.15, 0.2) is 11.7 Å². The lowest BCUT2D eigenvalue weighted by Crippen LogP contribution is -2.38. The van der Waals surface area contributed by atoms with Gasteiger partial charge in [-0.15, -0.1) is 0 Å². The van der Waals surface area contributed by atoms with Gasteiger partial charge >= 0.3 is 11.9 Å². The van der Waals surface area contributed by atoms with E-state index in [1.807, 2.05) is 0 Å². The van der Waals surface area contributed by atoms with Crippen LogP contribution in [0, 0.1) is 22.0 Å². The Labute approximate surface area is 143 Å². The Morgan fingerprint density at radius 2 is 1.52 bits per heavy atom. The third-order valence-corrected chi connectivity index (χ3v) is 3.64. The van der Waals surface area contributed by atoms with E-state index < -0.39 is 46.7 Å². The molecule has 0 saturated heterocycles. The molecule has 0 saturated carbocycles. The van der Waals surface area contributed by atoms with Crippen molar-refractivity contribution in [1.29, 1.82) is 0 Å². The van der Waals surface area contributed by atoms with Crippen LogP contribution >= 0.6 is 0 Å². The van der Waals surface area contributed by atoms with E-state index >= 15 is 0 Å². The number of hydrogen-bond donors (Lipinski definition) is 0. The number of rotatable bonds is 8. The first-order valence-corrected chi connectivity index (χ1v) is 7.16. The lowest BCUT2D eigenvalue weighted by Gasteiger charge is -2.20. The van der Waals surface area contributed by atoms with Crippen LogP contribution in [-0.4, -0.2) is 42.6 Å². The van der Waals surface area contributed by atoms with Crippen LogP contribution in [0.3, 0.4) is 0 Å². The van der Waals surface area contributed by atoms with Gasteiger partial charge in [0.25, 0.3) is 5.69 Å². The topological polar surface area (TPSA) is 130 Å². The van der Waals surface area contributed by atoms with Crippen LogP contribution in [0.5, 0.6) is 0 Å². The van der Waals surface area contributed by atoms with E-state index in [1.54, 1.807) is 0 Å². The Morgan fingerprint density at radius 1 is 1.04 bits per heavy atom. The van der Waals surface area contributed by atoms with Crippen molar-refractivity contribution < 1.29 is 33.6 Å². The normalized spacial score (nSPS) is 11.5. The Bertz CT molecular complexity index is 679. The van der Waals surface area contributed by atoms with Gasteiger partial charge in [-0.3, -0.25) is 29.3 Å². The number of ketones is 2. The number of nitro benzene ring substituents is 1. The summed E-state index contributed by atoms with van der Waals surface area (Å²) in [5.74, 6) is -5.90. The summed E-state index contributed by atoms with van der Waals surface area (Å²) in [5.41, 5.74) is -0.0769. The molecule has 0 bridgehead atoms. The predicted octanol–water partition coefficient (Wildman–Crippen LogP) is 1.33. The summed E-state index contributed by atoms with van der Waals surface area (Å²) in [5, 5.41) is 10.6. The fourth-order valence-electron chi connectivity index (χ4n) is 2.26. The fourth-order valence-corrected chi connectivity index (χ4v) is 2.26. The van der Waals surface area contributed by atoms with Gasteiger partial charge in [-0.2, -0.15) is 0 Å². The largest absolute Gasteiger partial charge is 0.468 e. The van der Waals surface area contributed by atoms with Crippen LogP contribution in [-0.2, 0) is 23.9 Å². The first-order valence-electron chi connectivity index (χ1n) is 7.16. The van der Waals surface area contributed by atoms with Crippen molar-refractivity contribution in [2.24, 2.45) is 11.8 Å². The van der Waals surface area contributed by atoms with Crippen molar-refractivity contribution in [2.75, 3.05) is 14.2 Å². The number of nitro groups is 1. The molecule has 134 valence electrons. The van der Waals surface area contributed by atoms with E-state index in [9.17, 15) is 29.3 Å². The molecule has 0 fully saturated rings. The minimum atomic E-state index is -1.56. The standard InChI is InChI=1S/C16H17NO8/c1-9(18)12(14(15(20)24-2)16(21)25-3)8-13(19)10-4-6-11(7-5-10)17(22)23/h4-7,12,14H,8H2,1-3H3. The molecular weight excluding hydrogens is 334 g/mol. The van der Waals surface area contributed by atoms with E-state index in [0.29, 0.717) is 0 Å². The van der Waals surface area contributed by atoms with Crippen molar-refractivity contribution in [3.63, 3.8) is 0 Å². The van der Waals surface area contributed by atoms with Crippen LogP contribution in [0.25, 0.3) is 0 Å². The van der Waals surface area contributed by atoms with E-state index in [0.717, 1.165) is 33.3 Å². The number of Topliss-reactive ketones (excluding diaryl/α,β-unsaturated/α-hetero) is 2. The van der Waals surface area contributed by atoms with Crippen molar-refractivity contribution in [3.05, 3.63) is 39.9 Å². The van der Waals surface area contributed by atoms with E-state index in [2.05, 4.69) is 9.47 Å². The summed E-state index contributed by atoms with van der Waals surface area (Å²) in [6, 6.07) is 4.77. The number of ether oxygens (including phenoxy) is 2. The maximum absolute atomic E-state index is 12.3. The van der Waals surface area contributed by atoms with Gasteiger partial charge in [0.2, 0.25) is 0 Å². The Balaban J connectivity index is 3.08. The van der Waals surface area contributed by atoms with Gasteiger partial charge in [-0.25, -0.2) is 0 Å². The molecule has 0 aliphatic carbocycles. The maximum Gasteiger partial charge on any atom is 0.320 e. The molecule has 1 aromatic rings. The van der Waals surface area contributed by atoms with Crippen LogP contribution in [0.4, 0.5) is 5.69 Å². The predicted molar refractivity (Wildman–Crippen MR) is 83.7 cm³/mol. The lowest BCUT2D eigenvalue weighted by atomic mass is 9.83. The van der Waals surface area contributed by atoms with Crippen LogP contribution < -0.4 is 0 Å². The van der Waals surface area contributed by atoms with Gasteiger partial charge in [-0.05, 0) is 19.1 Å². The summed E-state index contributed by atoms with van der Waals surface area (Å²) in [7, 11) is 2.10. The van der Waals surface area contributed by atoms with Crippen molar-refractivity contribution in [2.45, 2.75) is 13.3 Å². The number of nitrogens with zero attached hydrogens (tertiary/aromatic N) is 1. The summed E-state index contributed by atoms with van der Waals surface area (Å²) < 4.78 is 9.04. The minimum absolute atomic E-state index is 0.116. The van der Waals surface area contributed by atoms with Gasteiger partial charge in [0.05, 0.1) is 19.1 Å². The minimum Gasteiger partial charge on any atom is -0.468 e. The van der Waals surface area contributed by atoms with Gasteiger partial charge in [-0.1, -0.05) is 0 Å². The second-order valence-electron chi connectivity index (χ2n) is 5.17. The number of esters is 2. The summed E-state index contributed by atoms with van der Waals surface area (Å²) >= 11 is 0. The van der Waals surface area contributed by atoms with E-state index in [4.69, 9.17) is 0 Å². The zero-order valence-corrected chi connectivity index (χ0v) is 13.9. The molecule has 25 heavy (non-hydrogen) atoms. The molecule has 0 spiro atoms. The average Bonchev–Trinajstić information content (AvgIpc) is 2.60. The molecule has 0 aliphatic rings. The summed E-state index contributed by atoms with van der Waals surface area (Å²) in [6.07, 6.45) is -0.442. The zero-order chi connectivity index (χ0) is 19.1. The van der Waals surface area contributed by atoms with Crippen LogP contribution in [0.15, 0.2) is 24.3 Å². The molecule has 0 amide bonds.